The molecule has 0 unspecified atom stereocenters. The van der Waals surface area contributed by atoms with Crippen LogP contribution < -0.4 is 14.9 Å². The number of thioether (sulfide) groups is 1. The monoisotopic (exact) mass is 386 g/mol. The first-order valence-corrected chi connectivity index (χ1v) is 9.94. The third kappa shape index (κ3) is 6.03. The Labute approximate surface area is 165 Å². The Kier molecular flexibility index (Phi) is 8.20. The van der Waals surface area contributed by atoms with Gasteiger partial charge in [-0.25, -0.2) is 5.43 Å². The highest BCUT2D eigenvalue weighted by molar-refractivity contribution is 7.99. The number of nitrogens with one attached hydrogen (secondary N) is 1. The first-order valence-electron chi connectivity index (χ1n) is 8.79. The normalized spacial score (nSPS) is 11.2. The van der Waals surface area contributed by atoms with Crippen LogP contribution in [0.4, 0.5) is 0 Å². The van der Waals surface area contributed by atoms with E-state index in [0.29, 0.717) is 23.7 Å². The Morgan fingerprint density at radius 1 is 1.11 bits per heavy atom. The van der Waals surface area contributed by atoms with Gasteiger partial charge in [0.2, 0.25) is 5.91 Å². The minimum atomic E-state index is -0.111. The van der Waals surface area contributed by atoms with Crippen molar-refractivity contribution in [1.29, 1.82) is 0 Å². The molecule has 0 heterocycles. The van der Waals surface area contributed by atoms with Gasteiger partial charge >= 0.3 is 0 Å². The van der Waals surface area contributed by atoms with Gasteiger partial charge in [0.05, 0.1) is 25.7 Å². The molecule has 2 aromatic carbocycles. The van der Waals surface area contributed by atoms with Crippen molar-refractivity contribution in [3.05, 3.63) is 59.2 Å². The first kappa shape index (κ1) is 20.8. The van der Waals surface area contributed by atoms with Crippen LogP contribution in [0.25, 0.3) is 0 Å². The van der Waals surface area contributed by atoms with E-state index in [1.54, 1.807) is 26.0 Å². The molecule has 0 aliphatic carbocycles. The number of rotatable bonds is 9. The van der Waals surface area contributed by atoms with E-state index in [1.807, 2.05) is 37.3 Å². The van der Waals surface area contributed by atoms with E-state index in [0.717, 1.165) is 17.0 Å². The van der Waals surface area contributed by atoms with Gasteiger partial charge in [-0.05, 0) is 42.7 Å². The van der Waals surface area contributed by atoms with Crippen LogP contribution in [0.5, 0.6) is 11.5 Å². The molecule has 0 aliphatic heterocycles. The second-order valence-corrected chi connectivity index (χ2v) is 6.92. The molecule has 0 fully saturated rings. The van der Waals surface area contributed by atoms with E-state index < -0.39 is 0 Å². The lowest BCUT2D eigenvalue weighted by atomic mass is 10.1. The highest BCUT2D eigenvalue weighted by Gasteiger charge is 2.09. The molecule has 0 aliphatic rings. The lowest BCUT2D eigenvalue weighted by Crippen LogP contribution is -2.22. The number of carbonyl (C=O) groups is 1. The van der Waals surface area contributed by atoms with Crippen molar-refractivity contribution in [2.24, 2.45) is 5.10 Å². The molecule has 2 aromatic rings. The van der Waals surface area contributed by atoms with Crippen molar-refractivity contribution < 1.29 is 14.3 Å². The van der Waals surface area contributed by atoms with Crippen molar-refractivity contribution in [2.45, 2.75) is 26.0 Å². The quantitative estimate of drug-likeness (QED) is 0.519. The number of nitrogens with zero attached hydrogens (tertiary/aromatic N) is 1. The molecule has 5 nitrogen and oxygen atoms in total. The number of aryl methyl sites for hydroxylation is 1. The van der Waals surface area contributed by atoms with E-state index in [1.165, 1.54) is 11.1 Å². The van der Waals surface area contributed by atoms with Gasteiger partial charge in [-0.2, -0.15) is 5.10 Å². The van der Waals surface area contributed by atoms with Gasteiger partial charge in [0.15, 0.2) is 11.5 Å². The molecule has 144 valence electrons. The summed E-state index contributed by atoms with van der Waals surface area (Å²) in [5.74, 6) is 2.35. The molecule has 0 bridgehead atoms. The highest BCUT2D eigenvalue weighted by atomic mass is 32.2. The van der Waals surface area contributed by atoms with Crippen LogP contribution in [0, 0.1) is 6.92 Å². The maximum atomic E-state index is 12.1. The van der Waals surface area contributed by atoms with Crippen molar-refractivity contribution in [3.63, 3.8) is 0 Å². The number of methoxy groups -OCH3 is 2. The van der Waals surface area contributed by atoms with E-state index in [2.05, 4.69) is 29.6 Å². The summed E-state index contributed by atoms with van der Waals surface area (Å²) in [5.41, 5.74) is 6.82. The molecule has 0 saturated carbocycles. The molecule has 2 rings (SSSR count). The summed E-state index contributed by atoms with van der Waals surface area (Å²) in [6, 6.07) is 13.8. The summed E-state index contributed by atoms with van der Waals surface area (Å²) in [4.78, 5) is 12.1. The van der Waals surface area contributed by atoms with Gasteiger partial charge in [0.25, 0.3) is 0 Å². The number of hydrogen-bond donors (Lipinski definition) is 1. The van der Waals surface area contributed by atoms with Gasteiger partial charge in [0.1, 0.15) is 0 Å². The van der Waals surface area contributed by atoms with Gasteiger partial charge < -0.3 is 9.47 Å². The van der Waals surface area contributed by atoms with E-state index in [9.17, 15) is 4.79 Å². The maximum absolute atomic E-state index is 12.1. The van der Waals surface area contributed by atoms with Gasteiger partial charge in [-0.1, -0.05) is 31.2 Å². The molecule has 1 N–H and O–H groups in total. The number of hydrogen-bond acceptors (Lipinski definition) is 5. The second-order valence-electron chi connectivity index (χ2n) is 5.94. The summed E-state index contributed by atoms with van der Waals surface area (Å²) in [6.07, 6.45) is 0.687. The lowest BCUT2D eigenvalue weighted by molar-refractivity contribution is -0.118. The lowest BCUT2D eigenvalue weighted by Gasteiger charge is -2.11. The molecular weight excluding hydrogens is 360 g/mol. The topological polar surface area (TPSA) is 59.9 Å². The SMILES string of the molecule is CC/C(=N\NC(=O)CSCc1ccccc1C)c1ccc(OC)c(OC)c1. The average Bonchev–Trinajstić information content (AvgIpc) is 2.69. The van der Waals surface area contributed by atoms with Crippen molar-refractivity contribution >= 4 is 23.4 Å². The Bertz CT molecular complexity index is 806. The number of hydrazone groups is 1. The molecule has 27 heavy (non-hydrogen) atoms. The maximum Gasteiger partial charge on any atom is 0.250 e. The Balaban J connectivity index is 1.94. The smallest absolute Gasteiger partial charge is 0.250 e. The third-order valence-corrected chi connectivity index (χ3v) is 5.10. The van der Waals surface area contributed by atoms with E-state index in [4.69, 9.17) is 9.47 Å². The number of amides is 1. The zero-order chi connectivity index (χ0) is 19.6. The number of carbonyl (C=O) groups excluding carboxylic acids is 1. The van der Waals surface area contributed by atoms with Gasteiger partial charge in [-0.3, -0.25) is 4.79 Å². The standard InChI is InChI=1S/C21H26N2O3S/c1-5-18(16-10-11-19(25-3)20(12-16)26-4)22-23-21(24)14-27-13-17-9-7-6-8-15(17)2/h6-12H,5,13-14H2,1-4H3,(H,23,24)/b22-18+. The molecule has 6 heteroatoms. The summed E-state index contributed by atoms with van der Waals surface area (Å²) in [5, 5.41) is 4.29. The minimum absolute atomic E-state index is 0.111. The molecule has 0 radical (unpaired) electrons. The van der Waals surface area contributed by atoms with E-state index >= 15 is 0 Å². The fourth-order valence-electron chi connectivity index (χ4n) is 2.55. The first-order chi connectivity index (χ1) is 13.1. The van der Waals surface area contributed by atoms with Crippen LogP contribution >= 0.6 is 11.8 Å². The Hall–Kier alpha value is -2.47. The van der Waals surface area contributed by atoms with Crippen LogP contribution in [-0.2, 0) is 10.5 Å². The molecule has 0 saturated heterocycles. The minimum Gasteiger partial charge on any atom is -0.493 e. The predicted octanol–water partition coefficient (Wildman–Crippen LogP) is 4.18. The average molecular weight is 387 g/mol. The largest absolute Gasteiger partial charge is 0.493 e. The van der Waals surface area contributed by atoms with Crippen LogP contribution in [0.1, 0.15) is 30.0 Å². The highest BCUT2D eigenvalue weighted by Crippen LogP contribution is 2.28. The molecule has 0 spiro atoms. The number of benzene rings is 2. The predicted molar refractivity (Wildman–Crippen MR) is 112 cm³/mol. The van der Waals surface area contributed by atoms with E-state index in [-0.39, 0.29) is 5.91 Å². The van der Waals surface area contributed by atoms with Crippen LogP contribution in [0.15, 0.2) is 47.6 Å². The van der Waals surface area contributed by atoms with Gasteiger partial charge in [0, 0.05) is 11.3 Å². The number of ether oxygens (including phenoxy) is 2. The summed E-state index contributed by atoms with van der Waals surface area (Å²) >= 11 is 1.58. The molecule has 0 atom stereocenters. The van der Waals surface area contributed by atoms with Crippen LogP contribution in [0.2, 0.25) is 0 Å². The zero-order valence-electron chi connectivity index (χ0n) is 16.2. The zero-order valence-corrected chi connectivity index (χ0v) is 17.1. The molecule has 0 aromatic heterocycles. The molecular formula is C21H26N2O3S. The second kappa shape index (κ2) is 10.6. The Morgan fingerprint density at radius 3 is 2.52 bits per heavy atom. The fourth-order valence-corrected chi connectivity index (χ4v) is 3.45. The van der Waals surface area contributed by atoms with Crippen LogP contribution in [0.3, 0.4) is 0 Å². The fraction of sp³-hybridized carbons (Fsp3) is 0.333. The summed E-state index contributed by atoms with van der Waals surface area (Å²) in [6.45, 7) is 4.07. The molecule has 1 amide bonds. The summed E-state index contributed by atoms with van der Waals surface area (Å²) in [7, 11) is 3.19. The van der Waals surface area contributed by atoms with Gasteiger partial charge in [-0.15, -0.1) is 11.8 Å². The Morgan fingerprint density at radius 2 is 1.85 bits per heavy atom. The van der Waals surface area contributed by atoms with Crippen LogP contribution in [-0.4, -0.2) is 31.6 Å². The summed E-state index contributed by atoms with van der Waals surface area (Å²) < 4.78 is 10.6. The van der Waals surface area contributed by atoms with Crippen molar-refractivity contribution in [3.8, 4) is 11.5 Å². The van der Waals surface area contributed by atoms with Crippen molar-refractivity contribution in [2.75, 3.05) is 20.0 Å². The third-order valence-electron chi connectivity index (χ3n) is 4.12. The van der Waals surface area contributed by atoms with Crippen molar-refractivity contribution in [1.82, 2.24) is 5.43 Å².